The second kappa shape index (κ2) is 7.08. The van der Waals surface area contributed by atoms with Gasteiger partial charge in [0, 0.05) is 20.2 Å². The SMILES string of the molecule is CN(CC1CCCCO1)C(=O)C1(C#N)CCCCCC1. The molecule has 1 saturated heterocycles. The molecule has 0 radical (unpaired) electrons. The van der Waals surface area contributed by atoms with Gasteiger partial charge in [0.2, 0.25) is 5.91 Å². The topological polar surface area (TPSA) is 53.3 Å². The van der Waals surface area contributed by atoms with Crippen LogP contribution in [0, 0.1) is 16.7 Å². The third-order valence-corrected chi connectivity index (χ3v) is 4.68. The first-order chi connectivity index (χ1) is 9.68. The molecule has 2 rings (SSSR count). The highest BCUT2D eigenvalue weighted by Gasteiger charge is 2.41. The molecule has 112 valence electrons. The summed E-state index contributed by atoms with van der Waals surface area (Å²) in [6.45, 7) is 1.43. The Bertz CT molecular complexity index is 361. The van der Waals surface area contributed by atoms with Crippen molar-refractivity contribution in [1.29, 1.82) is 5.26 Å². The number of carbonyl (C=O) groups is 1. The largest absolute Gasteiger partial charge is 0.376 e. The fraction of sp³-hybridized carbons (Fsp3) is 0.875. The Morgan fingerprint density at radius 3 is 2.50 bits per heavy atom. The van der Waals surface area contributed by atoms with Gasteiger partial charge in [-0.2, -0.15) is 5.26 Å². The van der Waals surface area contributed by atoms with E-state index in [4.69, 9.17) is 4.74 Å². The molecule has 1 aliphatic heterocycles. The van der Waals surface area contributed by atoms with Gasteiger partial charge in [0.05, 0.1) is 12.2 Å². The van der Waals surface area contributed by atoms with E-state index in [1.807, 2.05) is 7.05 Å². The van der Waals surface area contributed by atoms with Gasteiger partial charge in [-0.3, -0.25) is 4.79 Å². The van der Waals surface area contributed by atoms with Crippen molar-refractivity contribution in [2.45, 2.75) is 63.9 Å². The molecule has 1 saturated carbocycles. The summed E-state index contributed by atoms with van der Waals surface area (Å²) in [5, 5.41) is 9.56. The lowest BCUT2D eigenvalue weighted by atomic mass is 9.80. The van der Waals surface area contributed by atoms with Gasteiger partial charge in [-0.05, 0) is 32.1 Å². The summed E-state index contributed by atoms with van der Waals surface area (Å²) in [5.41, 5.74) is -0.778. The number of hydrogen-bond donors (Lipinski definition) is 0. The first kappa shape index (κ1) is 15.3. The van der Waals surface area contributed by atoms with Crippen LogP contribution < -0.4 is 0 Å². The van der Waals surface area contributed by atoms with E-state index in [1.54, 1.807) is 4.90 Å². The lowest BCUT2D eigenvalue weighted by molar-refractivity contribution is -0.140. The van der Waals surface area contributed by atoms with Crippen molar-refractivity contribution in [3.63, 3.8) is 0 Å². The average molecular weight is 278 g/mol. The lowest BCUT2D eigenvalue weighted by Crippen LogP contribution is -2.45. The summed E-state index contributed by atoms with van der Waals surface area (Å²) in [6.07, 6.45) is 9.19. The van der Waals surface area contributed by atoms with Crippen molar-refractivity contribution in [1.82, 2.24) is 4.90 Å². The zero-order chi connectivity index (χ0) is 14.4. The zero-order valence-corrected chi connectivity index (χ0v) is 12.6. The van der Waals surface area contributed by atoms with Crippen molar-refractivity contribution >= 4 is 5.91 Å². The number of likely N-dealkylation sites (N-methyl/N-ethyl adjacent to an activating group) is 1. The molecule has 4 nitrogen and oxygen atoms in total. The van der Waals surface area contributed by atoms with Gasteiger partial charge in [0.25, 0.3) is 0 Å². The van der Waals surface area contributed by atoms with E-state index in [1.165, 1.54) is 6.42 Å². The molecule has 20 heavy (non-hydrogen) atoms. The van der Waals surface area contributed by atoms with E-state index in [2.05, 4.69) is 6.07 Å². The van der Waals surface area contributed by atoms with Crippen LogP contribution in [0.4, 0.5) is 0 Å². The van der Waals surface area contributed by atoms with Crippen LogP contribution in [0.5, 0.6) is 0 Å². The molecular weight excluding hydrogens is 252 g/mol. The zero-order valence-electron chi connectivity index (χ0n) is 12.6. The Labute approximate surface area is 122 Å². The van der Waals surface area contributed by atoms with Crippen LogP contribution >= 0.6 is 0 Å². The molecule has 1 heterocycles. The van der Waals surface area contributed by atoms with Crippen molar-refractivity contribution in [3.05, 3.63) is 0 Å². The summed E-state index contributed by atoms with van der Waals surface area (Å²) in [4.78, 5) is 14.5. The number of amides is 1. The average Bonchev–Trinajstić information content (AvgIpc) is 2.74. The Morgan fingerprint density at radius 2 is 1.95 bits per heavy atom. The predicted octanol–water partition coefficient (Wildman–Crippen LogP) is 2.88. The second-order valence-electron chi connectivity index (χ2n) is 6.28. The molecule has 1 amide bonds. The van der Waals surface area contributed by atoms with Crippen LogP contribution in [0.2, 0.25) is 0 Å². The molecular formula is C16H26N2O2. The van der Waals surface area contributed by atoms with Crippen LogP contribution in [0.1, 0.15) is 57.8 Å². The molecule has 0 aromatic carbocycles. The standard InChI is InChI=1S/C16H26N2O2/c1-18(12-14-8-4-7-11-20-14)15(19)16(13-17)9-5-2-3-6-10-16/h14H,2-12H2,1H3. The van der Waals surface area contributed by atoms with Crippen molar-refractivity contribution in [2.75, 3.05) is 20.2 Å². The third-order valence-electron chi connectivity index (χ3n) is 4.68. The Morgan fingerprint density at radius 1 is 1.25 bits per heavy atom. The van der Waals surface area contributed by atoms with E-state index in [9.17, 15) is 10.1 Å². The van der Waals surface area contributed by atoms with Gasteiger partial charge in [-0.1, -0.05) is 25.7 Å². The fourth-order valence-corrected chi connectivity index (χ4v) is 3.41. The second-order valence-corrected chi connectivity index (χ2v) is 6.28. The molecule has 1 atom stereocenters. The molecule has 4 heteroatoms. The number of ether oxygens (including phenoxy) is 1. The Kier molecular flexibility index (Phi) is 5.42. The van der Waals surface area contributed by atoms with Gasteiger partial charge < -0.3 is 9.64 Å². The summed E-state index contributed by atoms with van der Waals surface area (Å²) in [5.74, 6) is 0.0103. The number of carbonyl (C=O) groups excluding carboxylic acids is 1. The highest BCUT2D eigenvalue weighted by molar-refractivity contribution is 5.85. The van der Waals surface area contributed by atoms with E-state index >= 15 is 0 Å². The molecule has 2 aliphatic rings. The molecule has 1 unspecified atom stereocenters. The smallest absolute Gasteiger partial charge is 0.242 e. The first-order valence-corrected chi connectivity index (χ1v) is 7.96. The minimum Gasteiger partial charge on any atom is -0.376 e. The molecule has 0 aromatic rings. The highest BCUT2D eigenvalue weighted by Crippen LogP contribution is 2.36. The minimum atomic E-state index is -0.778. The molecule has 2 fully saturated rings. The first-order valence-electron chi connectivity index (χ1n) is 7.96. The van der Waals surface area contributed by atoms with E-state index in [0.29, 0.717) is 6.54 Å². The van der Waals surface area contributed by atoms with Crippen LogP contribution in [0.15, 0.2) is 0 Å². The quantitative estimate of drug-likeness (QED) is 0.746. The van der Waals surface area contributed by atoms with Crippen molar-refractivity contribution < 1.29 is 9.53 Å². The van der Waals surface area contributed by atoms with Crippen molar-refractivity contribution in [2.24, 2.45) is 5.41 Å². The van der Waals surface area contributed by atoms with Crippen LogP contribution in [0.25, 0.3) is 0 Å². The monoisotopic (exact) mass is 278 g/mol. The van der Waals surface area contributed by atoms with Crippen molar-refractivity contribution in [3.8, 4) is 6.07 Å². The summed E-state index contributed by atoms with van der Waals surface area (Å²) >= 11 is 0. The van der Waals surface area contributed by atoms with E-state index in [0.717, 1.165) is 58.0 Å². The maximum atomic E-state index is 12.7. The van der Waals surface area contributed by atoms with Crippen LogP contribution in [-0.4, -0.2) is 37.1 Å². The van der Waals surface area contributed by atoms with Crippen LogP contribution in [0.3, 0.4) is 0 Å². The number of hydrogen-bond acceptors (Lipinski definition) is 3. The number of nitrogens with zero attached hydrogens (tertiary/aromatic N) is 2. The predicted molar refractivity (Wildman–Crippen MR) is 77.0 cm³/mol. The molecule has 0 aromatic heterocycles. The van der Waals surface area contributed by atoms with Gasteiger partial charge in [0.15, 0.2) is 0 Å². The maximum Gasteiger partial charge on any atom is 0.242 e. The Hall–Kier alpha value is -1.08. The van der Waals surface area contributed by atoms with Crippen LogP contribution in [-0.2, 0) is 9.53 Å². The molecule has 0 spiro atoms. The maximum absolute atomic E-state index is 12.7. The van der Waals surface area contributed by atoms with E-state index in [-0.39, 0.29) is 12.0 Å². The van der Waals surface area contributed by atoms with Gasteiger partial charge in [-0.25, -0.2) is 0 Å². The Balaban J connectivity index is 1.97. The fourth-order valence-electron chi connectivity index (χ4n) is 3.41. The molecule has 1 aliphatic carbocycles. The number of rotatable bonds is 3. The normalized spacial score (nSPS) is 26.3. The third kappa shape index (κ3) is 3.52. The van der Waals surface area contributed by atoms with Gasteiger partial charge in [-0.15, -0.1) is 0 Å². The highest BCUT2D eigenvalue weighted by atomic mass is 16.5. The molecule has 0 bridgehead atoms. The van der Waals surface area contributed by atoms with E-state index < -0.39 is 5.41 Å². The summed E-state index contributed by atoms with van der Waals surface area (Å²) < 4.78 is 5.70. The minimum absolute atomic E-state index is 0.0103. The summed E-state index contributed by atoms with van der Waals surface area (Å²) in [7, 11) is 1.82. The number of nitriles is 1. The van der Waals surface area contributed by atoms with Gasteiger partial charge in [0.1, 0.15) is 5.41 Å². The lowest BCUT2D eigenvalue weighted by Gasteiger charge is -2.32. The summed E-state index contributed by atoms with van der Waals surface area (Å²) in [6, 6.07) is 2.34. The van der Waals surface area contributed by atoms with Gasteiger partial charge >= 0.3 is 0 Å². The molecule has 0 N–H and O–H groups in total.